The standard InChI is InChI=1S/C54H37BN2/c1-5-15-38(16-6-1)42-27-31-46(32-28-42)56-50-34-30-44(40-19-9-3-10-20-40)36-49(50)55-48-33-29-45(41-21-11-4-12-22-41)37-53(48)57(52-26-14-25-51(56)54(52)55)47-24-13-23-43(35-47)39-17-7-2-8-18-39/h1-37H. The largest absolute Gasteiger partial charge is 0.311 e. The molecule has 2 aliphatic rings. The van der Waals surface area contributed by atoms with E-state index in [9.17, 15) is 0 Å². The van der Waals surface area contributed by atoms with E-state index in [0.29, 0.717) is 0 Å². The number of hydrogen-bond acceptors (Lipinski definition) is 2. The fraction of sp³-hybridized carbons (Fsp3) is 0. The summed E-state index contributed by atoms with van der Waals surface area (Å²) in [5.74, 6) is 0. The second-order valence-corrected chi connectivity index (χ2v) is 14.9. The van der Waals surface area contributed by atoms with Crippen LogP contribution in [0.4, 0.5) is 34.1 Å². The van der Waals surface area contributed by atoms with Crippen LogP contribution >= 0.6 is 0 Å². The Balaban J connectivity index is 1.17. The third kappa shape index (κ3) is 5.67. The number of hydrogen-bond donors (Lipinski definition) is 0. The predicted octanol–water partition coefficient (Wildman–Crippen LogP) is 12.4. The lowest BCUT2D eigenvalue weighted by Gasteiger charge is -2.44. The van der Waals surface area contributed by atoms with Gasteiger partial charge in [-0.2, -0.15) is 0 Å². The molecule has 11 rings (SSSR count). The molecule has 0 unspecified atom stereocenters. The summed E-state index contributed by atoms with van der Waals surface area (Å²) in [6, 6.07) is 82.0. The highest BCUT2D eigenvalue weighted by molar-refractivity contribution is 7.00. The molecule has 3 heteroatoms. The predicted molar refractivity (Wildman–Crippen MR) is 242 cm³/mol. The zero-order chi connectivity index (χ0) is 37.7. The van der Waals surface area contributed by atoms with Crippen LogP contribution in [0, 0.1) is 0 Å². The van der Waals surface area contributed by atoms with Crippen LogP contribution in [0.5, 0.6) is 0 Å². The molecule has 0 N–H and O–H groups in total. The Morgan fingerprint density at radius 1 is 0.246 bits per heavy atom. The van der Waals surface area contributed by atoms with E-state index < -0.39 is 0 Å². The van der Waals surface area contributed by atoms with Gasteiger partial charge in [0.15, 0.2) is 0 Å². The zero-order valence-electron chi connectivity index (χ0n) is 31.3. The average Bonchev–Trinajstić information content (AvgIpc) is 3.30. The van der Waals surface area contributed by atoms with Crippen LogP contribution in [0.1, 0.15) is 0 Å². The van der Waals surface area contributed by atoms with Crippen LogP contribution in [-0.2, 0) is 0 Å². The van der Waals surface area contributed by atoms with Gasteiger partial charge in [-0.15, -0.1) is 0 Å². The topological polar surface area (TPSA) is 6.48 Å². The van der Waals surface area contributed by atoms with Gasteiger partial charge in [0.05, 0.1) is 0 Å². The molecule has 0 bridgehead atoms. The summed E-state index contributed by atoms with van der Waals surface area (Å²) in [5, 5.41) is 0. The van der Waals surface area contributed by atoms with Gasteiger partial charge in [-0.1, -0.05) is 176 Å². The van der Waals surface area contributed by atoms with Gasteiger partial charge in [0.1, 0.15) is 0 Å². The second kappa shape index (κ2) is 13.7. The maximum atomic E-state index is 2.51. The van der Waals surface area contributed by atoms with Crippen molar-refractivity contribution in [1.82, 2.24) is 0 Å². The summed E-state index contributed by atoms with van der Waals surface area (Å²) < 4.78 is 0. The van der Waals surface area contributed by atoms with Crippen molar-refractivity contribution in [3.05, 3.63) is 224 Å². The molecule has 0 spiro atoms. The zero-order valence-corrected chi connectivity index (χ0v) is 31.3. The summed E-state index contributed by atoms with van der Waals surface area (Å²) in [6.07, 6.45) is 0. The van der Waals surface area contributed by atoms with Crippen LogP contribution in [0.2, 0.25) is 0 Å². The van der Waals surface area contributed by atoms with Gasteiger partial charge in [0.25, 0.3) is 6.71 Å². The van der Waals surface area contributed by atoms with Crippen LogP contribution < -0.4 is 26.2 Å². The Labute approximate surface area is 334 Å². The summed E-state index contributed by atoms with van der Waals surface area (Å²) in [6.45, 7) is 0.0167. The highest BCUT2D eigenvalue weighted by atomic mass is 15.2. The Bertz CT molecular complexity index is 2890. The number of benzene rings is 9. The van der Waals surface area contributed by atoms with Gasteiger partial charge >= 0.3 is 0 Å². The smallest absolute Gasteiger partial charge is 0.252 e. The lowest BCUT2D eigenvalue weighted by molar-refractivity contribution is 1.25. The Kier molecular flexibility index (Phi) is 7.96. The Hall–Kier alpha value is -7.36. The first-order valence-corrected chi connectivity index (χ1v) is 19.7. The van der Waals surface area contributed by atoms with E-state index >= 15 is 0 Å². The molecule has 0 amide bonds. The van der Waals surface area contributed by atoms with Gasteiger partial charge in [0.2, 0.25) is 0 Å². The molecule has 0 aromatic heterocycles. The summed E-state index contributed by atoms with van der Waals surface area (Å²) >= 11 is 0. The SMILES string of the molecule is c1ccc(-c2ccc(N3c4ccc(-c5ccccc5)cc4B4c5ccc(-c6ccccc6)cc5N(c5cccc(-c6ccccc6)c5)c5cccc3c54)cc2)cc1. The van der Waals surface area contributed by atoms with Crippen molar-refractivity contribution in [1.29, 1.82) is 0 Å². The highest BCUT2D eigenvalue weighted by Gasteiger charge is 2.43. The quantitative estimate of drug-likeness (QED) is 0.158. The number of anilines is 6. The molecule has 266 valence electrons. The fourth-order valence-corrected chi connectivity index (χ4v) is 9.00. The third-order valence-corrected chi connectivity index (χ3v) is 11.7. The summed E-state index contributed by atoms with van der Waals surface area (Å²) in [7, 11) is 0. The second-order valence-electron chi connectivity index (χ2n) is 14.9. The summed E-state index contributed by atoms with van der Waals surface area (Å²) in [4.78, 5) is 4.99. The van der Waals surface area contributed by atoms with Crippen molar-refractivity contribution in [2.75, 3.05) is 9.80 Å². The monoisotopic (exact) mass is 724 g/mol. The molecule has 2 aliphatic heterocycles. The minimum Gasteiger partial charge on any atom is -0.311 e. The number of rotatable bonds is 6. The number of nitrogens with zero attached hydrogens (tertiary/aromatic N) is 2. The lowest BCUT2D eigenvalue weighted by Crippen LogP contribution is -2.61. The fourth-order valence-electron chi connectivity index (χ4n) is 9.00. The van der Waals surface area contributed by atoms with Crippen molar-refractivity contribution in [3.63, 3.8) is 0 Å². The van der Waals surface area contributed by atoms with Gasteiger partial charge in [-0.3, -0.25) is 0 Å². The van der Waals surface area contributed by atoms with E-state index in [0.717, 1.165) is 11.4 Å². The van der Waals surface area contributed by atoms with Crippen LogP contribution in [0.25, 0.3) is 44.5 Å². The molecule has 0 saturated heterocycles. The molecule has 9 aromatic rings. The van der Waals surface area contributed by atoms with Crippen molar-refractivity contribution in [2.45, 2.75) is 0 Å². The minimum atomic E-state index is 0.0167. The van der Waals surface area contributed by atoms with Crippen molar-refractivity contribution in [2.24, 2.45) is 0 Å². The van der Waals surface area contributed by atoms with Crippen molar-refractivity contribution in [3.8, 4) is 44.5 Å². The molecule has 0 atom stereocenters. The first kappa shape index (κ1) is 33.0. The molecule has 0 saturated carbocycles. The Morgan fingerprint density at radius 3 is 1.28 bits per heavy atom. The number of fused-ring (bicyclic) bond motifs is 4. The van der Waals surface area contributed by atoms with Crippen LogP contribution in [-0.4, -0.2) is 6.71 Å². The first-order chi connectivity index (χ1) is 28.3. The Morgan fingerprint density at radius 2 is 0.684 bits per heavy atom. The maximum absolute atomic E-state index is 2.51. The average molecular weight is 725 g/mol. The van der Waals surface area contributed by atoms with Gasteiger partial charge in [-0.25, -0.2) is 0 Å². The van der Waals surface area contributed by atoms with Gasteiger partial charge in [-0.05, 0) is 109 Å². The van der Waals surface area contributed by atoms with Crippen LogP contribution in [0.3, 0.4) is 0 Å². The molecule has 0 aliphatic carbocycles. The van der Waals surface area contributed by atoms with E-state index in [1.807, 2.05) is 0 Å². The van der Waals surface area contributed by atoms with Crippen LogP contribution in [0.15, 0.2) is 224 Å². The molecular formula is C54H37BN2. The normalized spacial score (nSPS) is 12.5. The molecular weight excluding hydrogens is 687 g/mol. The van der Waals surface area contributed by atoms with Crippen molar-refractivity contribution < 1.29 is 0 Å². The molecule has 2 nitrogen and oxygen atoms in total. The first-order valence-electron chi connectivity index (χ1n) is 19.7. The lowest BCUT2D eigenvalue weighted by atomic mass is 9.33. The molecule has 2 heterocycles. The maximum Gasteiger partial charge on any atom is 0.252 e. The third-order valence-electron chi connectivity index (χ3n) is 11.7. The van der Waals surface area contributed by atoms with E-state index in [-0.39, 0.29) is 6.71 Å². The van der Waals surface area contributed by atoms with Crippen molar-refractivity contribution >= 4 is 57.2 Å². The van der Waals surface area contributed by atoms with Gasteiger partial charge in [0, 0.05) is 34.1 Å². The van der Waals surface area contributed by atoms with E-state index in [1.54, 1.807) is 0 Å². The van der Waals surface area contributed by atoms with E-state index in [1.165, 1.54) is 83.6 Å². The molecule has 0 fully saturated rings. The molecule has 57 heavy (non-hydrogen) atoms. The highest BCUT2D eigenvalue weighted by Crippen LogP contribution is 2.45. The van der Waals surface area contributed by atoms with Gasteiger partial charge < -0.3 is 9.80 Å². The van der Waals surface area contributed by atoms with E-state index in [4.69, 9.17) is 0 Å². The molecule has 0 radical (unpaired) electrons. The van der Waals surface area contributed by atoms with E-state index in [2.05, 4.69) is 234 Å². The molecule has 9 aromatic carbocycles. The minimum absolute atomic E-state index is 0.0167. The summed E-state index contributed by atoms with van der Waals surface area (Å²) in [5.41, 5.74) is 20.6.